The van der Waals surface area contributed by atoms with Crippen molar-refractivity contribution in [2.45, 2.75) is 32.4 Å². The number of benzene rings is 1. The number of piperazine rings is 1. The number of carbonyl (C=O) groups excluding carboxylic acids is 1. The van der Waals surface area contributed by atoms with Gasteiger partial charge < -0.3 is 14.4 Å². The Balaban J connectivity index is 1.20. The molecule has 1 amide bonds. The summed E-state index contributed by atoms with van der Waals surface area (Å²) in [6.07, 6.45) is 2.87. The topological polar surface area (TPSA) is 44.6 Å². The van der Waals surface area contributed by atoms with Gasteiger partial charge in [-0.15, -0.1) is 0 Å². The quantitative estimate of drug-likeness (QED) is 0.630. The molecule has 0 radical (unpaired) electrons. The Labute approximate surface area is 181 Å². The summed E-state index contributed by atoms with van der Waals surface area (Å²) in [6.45, 7) is 6.68. The molecular weight excluding hydrogens is 394 g/mol. The van der Waals surface area contributed by atoms with Gasteiger partial charge in [0.15, 0.2) is 0 Å². The van der Waals surface area contributed by atoms with Gasteiger partial charge in [0, 0.05) is 69.5 Å². The largest absolute Gasteiger partial charge is 0.353 e. The van der Waals surface area contributed by atoms with Crippen molar-refractivity contribution >= 4 is 33.3 Å². The van der Waals surface area contributed by atoms with Crippen LogP contribution in [0, 0.1) is 0 Å². The van der Waals surface area contributed by atoms with Gasteiger partial charge in [-0.1, -0.05) is 12.1 Å². The molecule has 158 valence electrons. The number of anilines is 1. The summed E-state index contributed by atoms with van der Waals surface area (Å²) in [7, 11) is 2.14. The Morgan fingerprint density at radius 1 is 0.933 bits per heavy atom. The van der Waals surface area contributed by atoms with E-state index in [1.54, 1.807) is 11.5 Å². The summed E-state index contributed by atoms with van der Waals surface area (Å²) >= 11 is 1.59. The average molecular weight is 424 g/mol. The fourth-order valence-corrected chi connectivity index (χ4v) is 5.39. The second kappa shape index (κ2) is 8.40. The van der Waals surface area contributed by atoms with Crippen LogP contribution in [0.4, 0.5) is 5.82 Å². The monoisotopic (exact) mass is 423 g/mol. The molecule has 0 bridgehead atoms. The molecule has 2 aliphatic heterocycles. The van der Waals surface area contributed by atoms with Crippen LogP contribution in [-0.4, -0.2) is 57.4 Å². The zero-order valence-corrected chi connectivity index (χ0v) is 18.4. The number of piperidine rings is 1. The van der Waals surface area contributed by atoms with Crippen molar-refractivity contribution in [1.29, 1.82) is 0 Å². The molecule has 0 atom stereocenters. The van der Waals surface area contributed by atoms with Gasteiger partial charge in [0.1, 0.15) is 5.82 Å². The van der Waals surface area contributed by atoms with Crippen molar-refractivity contribution in [3.8, 4) is 0 Å². The van der Waals surface area contributed by atoms with E-state index in [9.17, 15) is 4.79 Å². The number of rotatable bonds is 5. The highest BCUT2D eigenvalue weighted by Crippen LogP contribution is 2.30. The Bertz CT molecular complexity index is 1030. The molecular formula is C23H29N5OS. The first kappa shape index (κ1) is 19.6. The molecule has 3 aromatic rings. The van der Waals surface area contributed by atoms with Crippen molar-refractivity contribution < 1.29 is 4.79 Å². The molecule has 0 aliphatic carbocycles. The van der Waals surface area contributed by atoms with Crippen molar-refractivity contribution in [3.63, 3.8) is 0 Å². The molecule has 7 heteroatoms. The van der Waals surface area contributed by atoms with Crippen LogP contribution in [0.25, 0.3) is 10.1 Å². The summed E-state index contributed by atoms with van der Waals surface area (Å²) in [5.41, 5.74) is 2.55. The Hall–Kier alpha value is -2.38. The Morgan fingerprint density at radius 2 is 1.70 bits per heavy atom. The molecule has 0 saturated carbocycles. The fraction of sp³-hybridized carbons (Fsp3) is 0.478. The average Bonchev–Trinajstić information content (AvgIpc) is 3.35. The van der Waals surface area contributed by atoms with Gasteiger partial charge in [-0.2, -0.15) is 4.37 Å². The predicted octanol–water partition coefficient (Wildman–Crippen LogP) is 3.47. The molecule has 0 spiro atoms. The van der Waals surface area contributed by atoms with Crippen LogP contribution in [0.3, 0.4) is 0 Å². The number of hydrogen-bond acceptors (Lipinski definition) is 5. The van der Waals surface area contributed by atoms with Crippen LogP contribution in [0.1, 0.15) is 30.7 Å². The number of carbonyl (C=O) groups is 1. The lowest BCUT2D eigenvalue weighted by molar-refractivity contribution is -0.133. The smallest absolute Gasteiger partial charge is 0.222 e. The van der Waals surface area contributed by atoms with Crippen molar-refractivity contribution in [2.75, 3.05) is 37.6 Å². The first-order valence-corrected chi connectivity index (χ1v) is 11.7. The third kappa shape index (κ3) is 3.84. The third-order valence-electron chi connectivity index (χ3n) is 6.52. The number of hydrogen-bond donors (Lipinski definition) is 0. The van der Waals surface area contributed by atoms with Crippen LogP contribution in [0.15, 0.2) is 36.4 Å². The number of aromatic nitrogens is 2. The summed E-state index contributed by atoms with van der Waals surface area (Å²) < 4.78 is 8.26. The van der Waals surface area contributed by atoms with Gasteiger partial charge in [0.25, 0.3) is 0 Å². The molecule has 30 heavy (non-hydrogen) atoms. The number of amides is 1. The molecule has 5 rings (SSSR count). The SMILES string of the molecule is Cn1c(CN2CCN(c3nsc4ccccc34)CC2)ccc1CN1CCCCC1=O. The highest BCUT2D eigenvalue weighted by atomic mass is 32.1. The maximum absolute atomic E-state index is 12.1. The molecule has 2 aliphatic rings. The van der Waals surface area contributed by atoms with Gasteiger partial charge in [-0.05, 0) is 48.6 Å². The maximum Gasteiger partial charge on any atom is 0.222 e. The molecule has 0 unspecified atom stereocenters. The molecule has 4 heterocycles. The Morgan fingerprint density at radius 3 is 2.50 bits per heavy atom. The maximum atomic E-state index is 12.1. The first-order valence-electron chi connectivity index (χ1n) is 10.9. The standard InChI is InChI=1S/C23H29N5OS/c1-25-18(9-10-19(25)17-28-11-5-4-8-22(28)29)16-26-12-14-27(15-13-26)23-20-6-2-3-7-21(20)30-24-23/h2-3,6-7,9-10H,4-5,8,11-17H2,1H3. The molecule has 2 fully saturated rings. The van der Waals surface area contributed by atoms with Crippen LogP contribution < -0.4 is 4.90 Å². The summed E-state index contributed by atoms with van der Waals surface area (Å²) in [6, 6.07) is 12.9. The number of likely N-dealkylation sites (tertiary alicyclic amines) is 1. The first-order chi connectivity index (χ1) is 14.7. The van der Waals surface area contributed by atoms with Crippen LogP contribution in [-0.2, 0) is 24.9 Å². The normalized spacial score (nSPS) is 18.5. The molecule has 2 aromatic heterocycles. The summed E-state index contributed by atoms with van der Waals surface area (Å²) in [5, 5.41) is 1.27. The van der Waals surface area contributed by atoms with E-state index in [0.29, 0.717) is 12.3 Å². The second-order valence-corrected chi connectivity index (χ2v) is 9.22. The van der Waals surface area contributed by atoms with Crippen molar-refractivity contribution in [2.24, 2.45) is 7.05 Å². The van der Waals surface area contributed by atoms with E-state index in [1.807, 2.05) is 4.90 Å². The highest BCUT2D eigenvalue weighted by Gasteiger charge is 2.23. The molecule has 1 aromatic carbocycles. The predicted molar refractivity (Wildman–Crippen MR) is 122 cm³/mol. The molecule has 6 nitrogen and oxygen atoms in total. The third-order valence-corrected chi connectivity index (χ3v) is 7.34. The van der Waals surface area contributed by atoms with E-state index in [1.165, 1.54) is 21.5 Å². The number of fused-ring (bicyclic) bond motifs is 1. The lowest BCUT2D eigenvalue weighted by Gasteiger charge is -2.35. The van der Waals surface area contributed by atoms with Gasteiger partial charge in [-0.25, -0.2) is 0 Å². The zero-order valence-electron chi connectivity index (χ0n) is 17.6. The fourth-order valence-electron chi connectivity index (χ4n) is 4.59. The minimum atomic E-state index is 0.301. The lowest BCUT2D eigenvalue weighted by atomic mass is 10.1. The van der Waals surface area contributed by atoms with Crippen LogP contribution in [0.5, 0.6) is 0 Å². The van der Waals surface area contributed by atoms with Gasteiger partial charge in [0.2, 0.25) is 5.91 Å². The minimum Gasteiger partial charge on any atom is -0.353 e. The summed E-state index contributed by atoms with van der Waals surface area (Å²) in [4.78, 5) is 19.1. The van der Waals surface area contributed by atoms with E-state index in [2.05, 4.69) is 57.8 Å². The molecule has 2 saturated heterocycles. The molecule has 0 N–H and O–H groups in total. The van der Waals surface area contributed by atoms with Gasteiger partial charge in [-0.3, -0.25) is 9.69 Å². The van der Waals surface area contributed by atoms with Crippen LogP contribution >= 0.6 is 11.5 Å². The van der Waals surface area contributed by atoms with E-state index in [4.69, 9.17) is 4.37 Å². The van der Waals surface area contributed by atoms with Crippen molar-refractivity contribution in [1.82, 2.24) is 18.7 Å². The van der Waals surface area contributed by atoms with E-state index >= 15 is 0 Å². The van der Waals surface area contributed by atoms with Crippen molar-refractivity contribution in [3.05, 3.63) is 47.8 Å². The lowest BCUT2D eigenvalue weighted by Crippen LogP contribution is -2.46. The minimum absolute atomic E-state index is 0.301. The van der Waals surface area contributed by atoms with E-state index in [0.717, 1.165) is 64.5 Å². The zero-order chi connectivity index (χ0) is 20.5. The van der Waals surface area contributed by atoms with Gasteiger partial charge in [0.05, 0.1) is 11.2 Å². The van der Waals surface area contributed by atoms with Gasteiger partial charge >= 0.3 is 0 Å². The van der Waals surface area contributed by atoms with E-state index in [-0.39, 0.29) is 0 Å². The Kier molecular flexibility index (Phi) is 5.48. The second-order valence-electron chi connectivity index (χ2n) is 8.41. The van der Waals surface area contributed by atoms with Crippen LogP contribution in [0.2, 0.25) is 0 Å². The number of nitrogens with zero attached hydrogens (tertiary/aromatic N) is 5. The summed E-state index contributed by atoms with van der Waals surface area (Å²) in [5.74, 6) is 1.44. The highest BCUT2D eigenvalue weighted by molar-refractivity contribution is 7.13. The van der Waals surface area contributed by atoms with E-state index < -0.39 is 0 Å².